The maximum Gasteiger partial charge on any atom is 0.274 e. The zero-order chi connectivity index (χ0) is 12.4. The molecule has 1 aromatic rings. The lowest BCUT2D eigenvalue weighted by Gasteiger charge is -2.02. The molecule has 1 heterocycles. The minimum atomic E-state index is -0.151. The molecule has 17 heavy (non-hydrogen) atoms. The number of aromatic nitrogens is 2. The molecule has 0 spiro atoms. The lowest BCUT2D eigenvalue weighted by Crippen LogP contribution is -2.27. The fourth-order valence-corrected chi connectivity index (χ4v) is 2.18. The first-order valence-electron chi connectivity index (χ1n) is 6.30. The SMILES string of the molecule is CCCC1CC1NC(=O)c1n[nH]c(CC)c1N. The van der Waals surface area contributed by atoms with Crippen molar-refractivity contribution in [3.63, 3.8) is 0 Å². The van der Waals surface area contributed by atoms with Gasteiger partial charge in [0.05, 0.1) is 11.4 Å². The Bertz CT molecular complexity index is 413. The number of nitrogens with two attached hydrogens (primary N) is 1. The zero-order valence-electron chi connectivity index (χ0n) is 10.4. The number of amides is 1. The summed E-state index contributed by atoms with van der Waals surface area (Å²) in [5, 5.41) is 9.76. The molecule has 2 atom stereocenters. The van der Waals surface area contributed by atoms with Crippen LogP contribution in [-0.4, -0.2) is 22.1 Å². The summed E-state index contributed by atoms with van der Waals surface area (Å²) < 4.78 is 0. The van der Waals surface area contributed by atoms with Gasteiger partial charge in [-0.15, -0.1) is 0 Å². The van der Waals surface area contributed by atoms with Crippen LogP contribution < -0.4 is 11.1 Å². The molecule has 0 saturated heterocycles. The summed E-state index contributed by atoms with van der Waals surface area (Å²) >= 11 is 0. The van der Waals surface area contributed by atoms with E-state index in [1.807, 2.05) is 6.92 Å². The number of nitrogens with zero attached hydrogens (tertiary/aromatic N) is 1. The predicted molar refractivity (Wildman–Crippen MR) is 66.6 cm³/mol. The van der Waals surface area contributed by atoms with Crippen molar-refractivity contribution in [2.24, 2.45) is 5.92 Å². The van der Waals surface area contributed by atoms with Crippen LogP contribution in [0.3, 0.4) is 0 Å². The first-order valence-corrected chi connectivity index (χ1v) is 6.30. The van der Waals surface area contributed by atoms with Crippen molar-refractivity contribution in [3.8, 4) is 0 Å². The lowest BCUT2D eigenvalue weighted by molar-refractivity contribution is 0.0944. The number of nitrogen functional groups attached to an aromatic ring is 1. The van der Waals surface area contributed by atoms with E-state index in [0.717, 1.165) is 18.5 Å². The van der Waals surface area contributed by atoms with Crippen LogP contribution in [0.5, 0.6) is 0 Å². The largest absolute Gasteiger partial charge is 0.395 e. The number of hydrogen-bond donors (Lipinski definition) is 3. The molecular formula is C12H20N4O. The number of rotatable bonds is 5. The van der Waals surface area contributed by atoms with E-state index in [0.29, 0.717) is 23.3 Å². The number of aryl methyl sites for hydroxylation is 1. The van der Waals surface area contributed by atoms with Gasteiger partial charge >= 0.3 is 0 Å². The van der Waals surface area contributed by atoms with E-state index in [1.165, 1.54) is 12.8 Å². The van der Waals surface area contributed by atoms with Crippen molar-refractivity contribution in [1.29, 1.82) is 0 Å². The Labute approximate surface area is 101 Å². The van der Waals surface area contributed by atoms with Gasteiger partial charge in [0.1, 0.15) is 0 Å². The number of anilines is 1. The summed E-state index contributed by atoms with van der Waals surface area (Å²) in [6.07, 6.45) is 4.20. The summed E-state index contributed by atoms with van der Waals surface area (Å²) in [4.78, 5) is 11.9. The van der Waals surface area contributed by atoms with Gasteiger partial charge in [-0.2, -0.15) is 5.10 Å². The highest BCUT2D eigenvalue weighted by molar-refractivity contribution is 5.97. The van der Waals surface area contributed by atoms with Gasteiger partial charge in [-0.05, 0) is 25.2 Å². The summed E-state index contributed by atoms with van der Waals surface area (Å²) in [5.74, 6) is 0.497. The molecule has 2 unspecified atom stereocenters. The third-order valence-corrected chi connectivity index (χ3v) is 3.35. The first-order chi connectivity index (χ1) is 8.17. The Morgan fingerprint density at radius 1 is 1.59 bits per heavy atom. The minimum absolute atomic E-state index is 0.151. The molecule has 1 saturated carbocycles. The lowest BCUT2D eigenvalue weighted by atomic mass is 10.2. The number of nitrogens with one attached hydrogen (secondary N) is 2. The van der Waals surface area contributed by atoms with E-state index < -0.39 is 0 Å². The number of H-pyrrole nitrogens is 1. The number of hydrogen-bond acceptors (Lipinski definition) is 3. The van der Waals surface area contributed by atoms with Crippen molar-refractivity contribution in [2.75, 3.05) is 5.73 Å². The second-order valence-electron chi connectivity index (χ2n) is 4.68. The maximum absolute atomic E-state index is 11.9. The molecular weight excluding hydrogens is 216 g/mol. The molecule has 1 aliphatic carbocycles. The molecule has 0 bridgehead atoms. The topological polar surface area (TPSA) is 83.8 Å². The molecule has 5 heteroatoms. The zero-order valence-corrected chi connectivity index (χ0v) is 10.4. The second-order valence-corrected chi connectivity index (χ2v) is 4.68. The molecule has 1 fully saturated rings. The van der Waals surface area contributed by atoms with Crippen molar-refractivity contribution < 1.29 is 4.79 Å². The molecule has 1 aromatic heterocycles. The predicted octanol–water partition coefficient (Wildman–Crippen LogP) is 1.47. The van der Waals surface area contributed by atoms with Gasteiger partial charge in [0.2, 0.25) is 0 Å². The summed E-state index contributed by atoms with van der Waals surface area (Å²) in [6, 6.07) is 0.323. The Hall–Kier alpha value is -1.52. The summed E-state index contributed by atoms with van der Waals surface area (Å²) in [7, 11) is 0. The van der Waals surface area contributed by atoms with E-state index in [1.54, 1.807) is 0 Å². The van der Waals surface area contributed by atoms with Crippen molar-refractivity contribution in [2.45, 2.75) is 45.6 Å². The van der Waals surface area contributed by atoms with E-state index >= 15 is 0 Å². The van der Waals surface area contributed by atoms with Gasteiger partial charge in [-0.3, -0.25) is 9.89 Å². The van der Waals surface area contributed by atoms with Gasteiger partial charge in [0, 0.05) is 6.04 Å². The van der Waals surface area contributed by atoms with Crippen molar-refractivity contribution >= 4 is 11.6 Å². The van der Waals surface area contributed by atoms with Gasteiger partial charge in [-0.1, -0.05) is 20.3 Å². The van der Waals surface area contributed by atoms with Crippen LogP contribution in [0.2, 0.25) is 0 Å². The fraction of sp³-hybridized carbons (Fsp3) is 0.667. The van der Waals surface area contributed by atoms with Crippen molar-refractivity contribution in [3.05, 3.63) is 11.4 Å². The molecule has 5 nitrogen and oxygen atoms in total. The van der Waals surface area contributed by atoms with Crippen LogP contribution in [0, 0.1) is 5.92 Å². The average Bonchev–Trinajstić information content (AvgIpc) is 2.90. The molecule has 2 rings (SSSR count). The standard InChI is InChI=1S/C12H20N4O/c1-3-5-7-6-9(7)14-12(17)11-10(13)8(4-2)15-16-11/h7,9H,3-6,13H2,1-2H3,(H,14,17)(H,15,16). The van der Waals surface area contributed by atoms with Gasteiger partial charge in [-0.25, -0.2) is 0 Å². The molecule has 0 aromatic carbocycles. The molecule has 4 N–H and O–H groups in total. The highest BCUT2D eigenvalue weighted by atomic mass is 16.2. The number of carbonyl (C=O) groups excluding carboxylic acids is 1. The monoisotopic (exact) mass is 236 g/mol. The highest BCUT2D eigenvalue weighted by Gasteiger charge is 2.37. The number of aromatic amines is 1. The fourth-order valence-electron chi connectivity index (χ4n) is 2.18. The molecule has 1 aliphatic rings. The molecule has 0 aliphatic heterocycles. The van der Waals surface area contributed by atoms with E-state index in [-0.39, 0.29) is 5.91 Å². The van der Waals surface area contributed by atoms with E-state index in [9.17, 15) is 4.79 Å². The average molecular weight is 236 g/mol. The van der Waals surface area contributed by atoms with Crippen LogP contribution in [0.4, 0.5) is 5.69 Å². The third kappa shape index (κ3) is 2.43. The van der Waals surface area contributed by atoms with Crippen LogP contribution in [0.1, 0.15) is 49.3 Å². The van der Waals surface area contributed by atoms with Gasteiger partial charge in [0.25, 0.3) is 5.91 Å². The van der Waals surface area contributed by atoms with E-state index in [4.69, 9.17) is 5.73 Å². The van der Waals surface area contributed by atoms with Crippen LogP contribution in [0.15, 0.2) is 0 Å². The van der Waals surface area contributed by atoms with Gasteiger partial charge < -0.3 is 11.1 Å². The third-order valence-electron chi connectivity index (χ3n) is 3.35. The Kier molecular flexibility index (Phi) is 3.36. The summed E-state index contributed by atoms with van der Waals surface area (Å²) in [5.41, 5.74) is 7.50. The van der Waals surface area contributed by atoms with Gasteiger partial charge in [0.15, 0.2) is 5.69 Å². The normalized spacial score (nSPS) is 22.5. The van der Waals surface area contributed by atoms with Crippen LogP contribution in [0.25, 0.3) is 0 Å². The summed E-state index contributed by atoms with van der Waals surface area (Å²) in [6.45, 7) is 4.14. The quantitative estimate of drug-likeness (QED) is 0.724. The second kappa shape index (κ2) is 4.77. The molecule has 94 valence electrons. The number of carbonyl (C=O) groups is 1. The Morgan fingerprint density at radius 2 is 2.35 bits per heavy atom. The Morgan fingerprint density at radius 3 is 2.94 bits per heavy atom. The maximum atomic E-state index is 11.9. The Balaban J connectivity index is 1.94. The first kappa shape index (κ1) is 12.0. The smallest absolute Gasteiger partial charge is 0.274 e. The highest BCUT2D eigenvalue weighted by Crippen LogP contribution is 2.34. The van der Waals surface area contributed by atoms with Crippen LogP contribution in [-0.2, 0) is 6.42 Å². The minimum Gasteiger partial charge on any atom is -0.395 e. The van der Waals surface area contributed by atoms with Crippen molar-refractivity contribution in [1.82, 2.24) is 15.5 Å². The molecule has 0 radical (unpaired) electrons. The molecule has 1 amide bonds. The van der Waals surface area contributed by atoms with E-state index in [2.05, 4.69) is 22.4 Å². The van der Waals surface area contributed by atoms with Crippen LogP contribution >= 0.6 is 0 Å².